The second-order valence-corrected chi connectivity index (χ2v) is 6.16. The van der Waals surface area contributed by atoms with Crippen molar-refractivity contribution < 1.29 is 19.1 Å². The van der Waals surface area contributed by atoms with Crippen LogP contribution in [0.1, 0.15) is 46.5 Å². The van der Waals surface area contributed by atoms with Crippen molar-refractivity contribution in [3.63, 3.8) is 0 Å². The first-order chi connectivity index (χ1) is 10.2. The fourth-order valence-electron chi connectivity index (χ4n) is 2.56. The standard InChI is InChI=1S/C14H18N2O4S/c1-2-19-14(18)13-16-10(7-21-13)12(17)15-9-5-6-20-11(9)8-3-4-8/h7-9,11H,2-6H2,1H3,(H,15,17). The summed E-state index contributed by atoms with van der Waals surface area (Å²) in [5, 5.41) is 4.78. The lowest BCUT2D eigenvalue weighted by Gasteiger charge is -2.18. The summed E-state index contributed by atoms with van der Waals surface area (Å²) in [6.45, 7) is 2.72. The van der Waals surface area contributed by atoms with E-state index in [9.17, 15) is 9.59 Å². The van der Waals surface area contributed by atoms with Crippen LogP contribution >= 0.6 is 11.3 Å². The molecule has 0 bridgehead atoms. The van der Waals surface area contributed by atoms with Gasteiger partial charge in [0.05, 0.1) is 18.8 Å². The van der Waals surface area contributed by atoms with Crippen LogP contribution in [-0.4, -0.2) is 42.2 Å². The van der Waals surface area contributed by atoms with Gasteiger partial charge in [-0.05, 0) is 32.1 Å². The molecule has 1 amide bonds. The Kier molecular flexibility index (Phi) is 4.21. The van der Waals surface area contributed by atoms with Crippen molar-refractivity contribution in [2.24, 2.45) is 5.92 Å². The quantitative estimate of drug-likeness (QED) is 0.836. The lowest BCUT2D eigenvalue weighted by Crippen LogP contribution is -2.41. The topological polar surface area (TPSA) is 77.5 Å². The Morgan fingerprint density at radius 3 is 3.00 bits per heavy atom. The molecule has 1 aliphatic heterocycles. The zero-order valence-corrected chi connectivity index (χ0v) is 12.6. The number of rotatable bonds is 5. The molecule has 0 aromatic carbocycles. The fourth-order valence-corrected chi connectivity index (χ4v) is 3.25. The number of thiazole rings is 1. The molecule has 3 rings (SSSR count). The van der Waals surface area contributed by atoms with E-state index >= 15 is 0 Å². The monoisotopic (exact) mass is 310 g/mol. The Hall–Kier alpha value is -1.47. The fraction of sp³-hybridized carbons (Fsp3) is 0.643. The highest BCUT2D eigenvalue weighted by molar-refractivity contribution is 7.11. The molecule has 114 valence electrons. The predicted molar refractivity (Wildman–Crippen MR) is 76.4 cm³/mol. The lowest BCUT2D eigenvalue weighted by atomic mass is 10.1. The minimum absolute atomic E-state index is 0.0535. The van der Waals surface area contributed by atoms with E-state index in [4.69, 9.17) is 9.47 Å². The highest BCUT2D eigenvalue weighted by Crippen LogP contribution is 2.38. The van der Waals surface area contributed by atoms with Crippen LogP contribution in [0, 0.1) is 5.92 Å². The van der Waals surface area contributed by atoms with E-state index in [-0.39, 0.29) is 28.8 Å². The van der Waals surface area contributed by atoms with E-state index in [0.29, 0.717) is 19.1 Å². The maximum atomic E-state index is 12.2. The Morgan fingerprint density at radius 1 is 1.48 bits per heavy atom. The number of nitrogens with zero attached hydrogens (tertiary/aromatic N) is 1. The number of amides is 1. The first-order valence-electron chi connectivity index (χ1n) is 7.24. The largest absolute Gasteiger partial charge is 0.461 e. The average molecular weight is 310 g/mol. The molecule has 2 aliphatic rings. The minimum Gasteiger partial charge on any atom is -0.461 e. The highest BCUT2D eigenvalue weighted by atomic mass is 32.1. The average Bonchev–Trinajstić information content (AvgIpc) is 3.02. The van der Waals surface area contributed by atoms with E-state index in [1.807, 2.05) is 0 Å². The van der Waals surface area contributed by atoms with Crippen LogP contribution in [0.4, 0.5) is 0 Å². The molecule has 1 aromatic heterocycles. The van der Waals surface area contributed by atoms with Gasteiger partial charge in [0.1, 0.15) is 5.69 Å². The molecule has 1 aliphatic carbocycles. The van der Waals surface area contributed by atoms with Crippen molar-refractivity contribution in [1.29, 1.82) is 0 Å². The van der Waals surface area contributed by atoms with Crippen LogP contribution in [-0.2, 0) is 9.47 Å². The van der Waals surface area contributed by atoms with Crippen molar-refractivity contribution >= 4 is 23.2 Å². The number of hydrogen-bond acceptors (Lipinski definition) is 6. The zero-order chi connectivity index (χ0) is 14.8. The van der Waals surface area contributed by atoms with E-state index in [1.165, 1.54) is 12.8 Å². The molecule has 2 atom stereocenters. The van der Waals surface area contributed by atoms with Crippen LogP contribution in [0.2, 0.25) is 0 Å². The normalized spacial score (nSPS) is 24.8. The van der Waals surface area contributed by atoms with E-state index in [1.54, 1.807) is 12.3 Å². The van der Waals surface area contributed by atoms with Crippen molar-refractivity contribution in [2.75, 3.05) is 13.2 Å². The third-order valence-electron chi connectivity index (χ3n) is 3.73. The molecule has 6 nitrogen and oxygen atoms in total. The summed E-state index contributed by atoms with van der Waals surface area (Å²) in [4.78, 5) is 27.8. The van der Waals surface area contributed by atoms with Crippen LogP contribution in [0.15, 0.2) is 5.38 Å². The van der Waals surface area contributed by atoms with Crippen molar-refractivity contribution in [1.82, 2.24) is 10.3 Å². The molecular weight excluding hydrogens is 292 g/mol. The van der Waals surface area contributed by atoms with Gasteiger partial charge in [-0.2, -0.15) is 0 Å². The van der Waals surface area contributed by atoms with Gasteiger partial charge in [-0.25, -0.2) is 9.78 Å². The van der Waals surface area contributed by atoms with Crippen LogP contribution in [0.3, 0.4) is 0 Å². The summed E-state index contributed by atoms with van der Waals surface area (Å²) in [5.41, 5.74) is 0.268. The third kappa shape index (κ3) is 3.24. The Balaban J connectivity index is 1.61. The maximum absolute atomic E-state index is 12.2. The second-order valence-electron chi connectivity index (χ2n) is 5.30. The summed E-state index contributed by atoms with van der Waals surface area (Å²) < 4.78 is 10.6. The van der Waals surface area contributed by atoms with Crippen LogP contribution < -0.4 is 5.32 Å². The number of ether oxygens (including phenoxy) is 2. The molecule has 2 heterocycles. The van der Waals surface area contributed by atoms with Gasteiger partial charge in [0.2, 0.25) is 5.01 Å². The Bertz CT molecular complexity index is 541. The highest BCUT2D eigenvalue weighted by Gasteiger charge is 2.41. The van der Waals surface area contributed by atoms with Gasteiger partial charge in [0.15, 0.2) is 0 Å². The van der Waals surface area contributed by atoms with Crippen molar-refractivity contribution in [3.8, 4) is 0 Å². The maximum Gasteiger partial charge on any atom is 0.367 e. The van der Waals surface area contributed by atoms with Gasteiger partial charge < -0.3 is 14.8 Å². The first kappa shape index (κ1) is 14.5. The summed E-state index contributed by atoms with van der Waals surface area (Å²) >= 11 is 1.13. The number of aromatic nitrogens is 1. The molecule has 1 saturated heterocycles. The predicted octanol–water partition coefficient (Wildman–Crippen LogP) is 1.62. The molecular formula is C14H18N2O4S. The van der Waals surface area contributed by atoms with Gasteiger partial charge in [-0.3, -0.25) is 4.79 Å². The van der Waals surface area contributed by atoms with Gasteiger partial charge in [0.25, 0.3) is 5.91 Å². The number of carbonyl (C=O) groups is 2. The summed E-state index contributed by atoms with van der Waals surface area (Å²) in [7, 11) is 0. The summed E-state index contributed by atoms with van der Waals surface area (Å²) in [5.74, 6) is -0.145. The molecule has 1 aromatic rings. The van der Waals surface area contributed by atoms with E-state index in [0.717, 1.165) is 17.8 Å². The third-order valence-corrected chi connectivity index (χ3v) is 4.55. The molecule has 1 saturated carbocycles. The summed E-state index contributed by atoms with van der Waals surface area (Å²) in [6, 6.07) is 0.0535. The molecule has 21 heavy (non-hydrogen) atoms. The molecule has 2 unspecified atom stereocenters. The smallest absolute Gasteiger partial charge is 0.367 e. The number of nitrogens with one attached hydrogen (secondary N) is 1. The number of carbonyl (C=O) groups excluding carboxylic acids is 2. The SMILES string of the molecule is CCOC(=O)c1nc(C(=O)NC2CCOC2C2CC2)cs1. The van der Waals surface area contributed by atoms with Crippen LogP contribution in [0.5, 0.6) is 0 Å². The first-order valence-corrected chi connectivity index (χ1v) is 8.12. The van der Waals surface area contributed by atoms with Crippen molar-refractivity contribution in [2.45, 2.75) is 38.3 Å². The minimum atomic E-state index is -0.485. The number of hydrogen-bond donors (Lipinski definition) is 1. The van der Waals surface area contributed by atoms with E-state index in [2.05, 4.69) is 10.3 Å². The zero-order valence-electron chi connectivity index (χ0n) is 11.8. The second kappa shape index (κ2) is 6.11. The Labute approximate surface area is 126 Å². The Morgan fingerprint density at radius 2 is 2.29 bits per heavy atom. The molecule has 1 N–H and O–H groups in total. The van der Waals surface area contributed by atoms with Gasteiger partial charge in [0, 0.05) is 12.0 Å². The molecule has 2 fully saturated rings. The number of esters is 1. The van der Waals surface area contributed by atoms with E-state index < -0.39 is 5.97 Å². The molecule has 7 heteroatoms. The van der Waals surface area contributed by atoms with Gasteiger partial charge >= 0.3 is 5.97 Å². The summed E-state index contributed by atoms with van der Waals surface area (Å²) in [6.07, 6.45) is 3.33. The molecule has 0 radical (unpaired) electrons. The van der Waals surface area contributed by atoms with Crippen molar-refractivity contribution in [3.05, 3.63) is 16.1 Å². The van der Waals surface area contributed by atoms with Crippen LogP contribution in [0.25, 0.3) is 0 Å². The van der Waals surface area contributed by atoms with Gasteiger partial charge in [-0.1, -0.05) is 0 Å². The molecule has 0 spiro atoms. The lowest BCUT2D eigenvalue weighted by molar-refractivity contribution is 0.0526. The van der Waals surface area contributed by atoms with Gasteiger partial charge in [-0.15, -0.1) is 11.3 Å².